The van der Waals surface area contributed by atoms with E-state index in [0.29, 0.717) is 11.5 Å². The molecule has 0 aromatic rings. The lowest BCUT2D eigenvalue weighted by atomic mass is 10.3. The van der Waals surface area contributed by atoms with Crippen LogP contribution in [-0.2, 0) is 9.47 Å². The first-order chi connectivity index (χ1) is 15.7. The number of rotatable bonds is 25. The molecule has 2 nitrogen and oxygen atoms in total. The molecule has 0 aliphatic carbocycles. The van der Waals surface area contributed by atoms with Gasteiger partial charge in [0.25, 0.3) is 0 Å². The SMILES string of the molecule is CCCCOC(CCCSSSSCCCC(OCCCC)[SiH](CC)CC)[SiH](CC)CC. The van der Waals surface area contributed by atoms with Gasteiger partial charge in [0, 0.05) is 36.2 Å². The topological polar surface area (TPSA) is 18.5 Å². The summed E-state index contributed by atoms with van der Waals surface area (Å²) < 4.78 is 12.6. The Kier molecular flexibility index (Phi) is 27.3. The van der Waals surface area contributed by atoms with Crippen LogP contribution in [0.25, 0.3) is 0 Å². The third-order valence-electron chi connectivity index (χ3n) is 6.37. The summed E-state index contributed by atoms with van der Waals surface area (Å²) in [7, 11) is 6.62. The molecule has 0 bridgehead atoms. The molecule has 0 radical (unpaired) electrons. The van der Waals surface area contributed by atoms with Crippen LogP contribution in [0, 0.1) is 0 Å². The molecule has 0 aliphatic heterocycles. The van der Waals surface area contributed by atoms with Crippen molar-refractivity contribution in [3.05, 3.63) is 0 Å². The Hall–Kier alpha value is 1.75. The zero-order valence-electron chi connectivity index (χ0n) is 22.1. The maximum atomic E-state index is 6.31. The van der Waals surface area contributed by atoms with Gasteiger partial charge in [0.1, 0.15) is 0 Å². The maximum absolute atomic E-state index is 6.31. The summed E-state index contributed by atoms with van der Waals surface area (Å²) in [5.74, 6) is 2.52. The van der Waals surface area contributed by atoms with Crippen molar-refractivity contribution in [1.29, 1.82) is 0 Å². The van der Waals surface area contributed by atoms with Crippen LogP contribution in [0.2, 0.25) is 24.2 Å². The molecule has 2 unspecified atom stereocenters. The van der Waals surface area contributed by atoms with Gasteiger partial charge in [-0.1, -0.05) is 100 Å². The summed E-state index contributed by atoms with van der Waals surface area (Å²) in [6.07, 6.45) is 10.1. The highest BCUT2D eigenvalue weighted by Crippen LogP contribution is 2.43. The summed E-state index contributed by atoms with van der Waals surface area (Å²) in [6.45, 7) is 16.0. The molecule has 0 saturated heterocycles. The van der Waals surface area contributed by atoms with E-state index in [1.807, 2.05) is 41.2 Å². The van der Waals surface area contributed by atoms with Crippen molar-refractivity contribution < 1.29 is 9.47 Å². The van der Waals surface area contributed by atoms with E-state index >= 15 is 0 Å². The first-order valence-electron chi connectivity index (χ1n) is 13.5. The Morgan fingerprint density at radius 3 is 1.25 bits per heavy atom. The second-order valence-electron chi connectivity index (χ2n) is 8.74. The first kappa shape index (κ1) is 33.8. The second-order valence-corrected chi connectivity index (χ2v) is 22.8. The average molecular weight is 559 g/mol. The van der Waals surface area contributed by atoms with Crippen LogP contribution in [0.15, 0.2) is 0 Å². The summed E-state index contributed by atoms with van der Waals surface area (Å²) in [4.78, 5) is 0. The average Bonchev–Trinajstić information content (AvgIpc) is 2.81. The molecule has 8 heteroatoms. The van der Waals surface area contributed by atoms with Crippen molar-refractivity contribution >= 4 is 58.8 Å². The molecule has 0 heterocycles. The fourth-order valence-corrected chi connectivity index (χ4v) is 15.8. The molecule has 0 saturated carbocycles. The monoisotopic (exact) mass is 558 g/mol. The van der Waals surface area contributed by atoms with Crippen LogP contribution in [0.5, 0.6) is 0 Å². The van der Waals surface area contributed by atoms with Gasteiger partial charge in [0.2, 0.25) is 0 Å². The maximum Gasteiger partial charge on any atom is 0.0711 e. The summed E-state index contributed by atoms with van der Waals surface area (Å²) in [5.41, 5.74) is 1.21. The third kappa shape index (κ3) is 18.1. The van der Waals surface area contributed by atoms with Crippen molar-refractivity contribution in [3.63, 3.8) is 0 Å². The molecule has 0 N–H and O–H groups in total. The molecule has 194 valence electrons. The Balaban J connectivity index is 3.89. The van der Waals surface area contributed by atoms with Crippen molar-refractivity contribution in [2.24, 2.45) is 0 Å². The minimum atomic E-state index is -0.714. The summed E-state index contributed by atoms with van der Waals surface area (Å²) in [5, 5.41) is 0. The lowest BCUT2D eigenvalue weighted by Gasteiger charge is -2.24. The van der Waals surface area contributed by atoms with Crippen molar-refractivity contribution in [1.82, 2.24) is 0 Å². The summed E-state index contributed by atoms with van der Waals surface area (Å²) in [6, 6.07) is 5.52. The van der Waals surface area contributed by atoms with Gasteiger partial charge in [-0.15, -0.1) is 0 Å². The van der Waals surface area contributed by atoms with Gasteiger partial charge in [-0.3, -0.25) is 0 Å². The fourth-order valence-electron chi connectivity index (χ4n) is 4.09. The highest BCUT2D eigenvalue weighted by molar-refractivity contribution is 9.26. The minimum Gasteiger partial charge on any atom is -0.382 e. The van der Waals surface area contributed by atoms with E-state index < -0.39 is 17.6 Å². The number of ether oxygens (including phenoxy) is 2. The zero-order valence-corrected chi connectivity index (χ0v) is 27.6. The van der Waals surface area contributed by atoms with Crippen LogP contribution in [-0.4, -0.2) is 53.8 Å². The number of hydrogen-bond donors (Lipinski definition) is 0. The molecular weight excluding hydrogens is 505 g/mol. The molecule has 0 amide bonds. The predicted octanol–water partition coefficient (Wildman–Crippen LogP) is 9.21. The van der Waals surface area contributed by atoms with E-state index in [2.05, 4.69) is 41.5 Å². The Bertz CT molecular complexity index is 342. The largest absolute Gasteiger partial charge is 0.382 e. The van der Waals surface area contributed by atoms with E-state index in [-0.39, 0.29) is 0 Å². The highest BCUT2D eigenvalue weighted by atomic mass is 33.7. The lowest BCUT2D eigenvalue weighted by molar-refractivity contribution is 0.0930. The van der Waals surface area contributed by atoms with E-state index in [4.69, 9.17) is 9.47 Å². The first-order valence-corrected chi connectivity index (χ1v) is 23.2. The number of hydrogen-bond acceptors (Lipinski definition) is 6. The van der Waals surface area contributed by atoms with Gasteiger partial charge in [-0.25, -0.2) is 0 Å². The van der Waals surface area contributed by atoms with Crippen molar-refractivity contribution in [2.75, 3.05) is 24.7 Å². The van der Waals surface area contributed by atoms with Crippen LogP contribution in [0.3, 0.4) is 0 Å². The van der Waals surface area contributed by atoms with Crippen molar-refractivity contribution in [3.8, 4) is 0 Å². The zero-order chi connectivity index (χ0) is 23.9. The molecule has 2 atom stereocenters. The van der Waals surface area contributed by atoms with Crippen LogP contribution >= 0.6 is 41.2 Å². The van der Waals surface area contributed by atoms with E-state index in [0.717, 1.165) is 13.2 Å². The van der Waals surface area contributed by atoms with Gasteiger partial charge >= 0.3 is 0 Å². The molecule has 0 aromatic carbocycles. The molecular formula is C24H54O2S4Si2. The molecule has 0 aliphatic rings. The Morgan fingerprint density at radius 1 is 0.562 bits per heavy atom. The van der Waals surface area contributed by atoms with Gasteiger partial charge in [-0.2, -0.15) is 0 Å². The Morgan fingerprint density at radius 2 is 0.938 bits per heavy atom. The van der Waals surface area contributed by atoms with Crippen molar-refractivity contribution in [2.45, 2.75) is 129 Å². The highest BCUT2D eigenvalue weighted by Gasteiger charge is 2.21. The summed E-state index contributed by atoms with van der Waals surface area (Å²) >= 11 is 0. The quantitative estimate of drug-likeness (QED) is 0.0627. The predicted molar refractivity (Wildman–Crippen MR) is 164 cm³/mol. The van der Waals surface area contributed by atoms with Crippen LogP contribution in [0.4, 0.5) is 0 Å². The number of unbranched alkanes of at least 4 members (excludes halogenated alkanes) is 2. The van der Waals surface area contributed by atoms with Gasteiger partial charge in [0.05, 0.1) is 17.6 Å². The van der Waals surface area contributed by atoms with Gasteiger partial charge < -0.3 is 9.47 Å². The standard InChI is InChI=1S/C24H54O2S4Si2/c1-7-13-19-25-23(31(9-3)10-4)17-15-21-27-29-30-28-22-16-18-24(26-20-14-8-2)32(11-5)12-6/h23-24,31-32H,7-22H2,1-6H3. The Labute approximate surface area is 220 Å². The molecule has 0 spiro atoms. The van der Waals surface area contributed by atoms with Crippen LogP contribution < -0.4 is 0 Å². The lowest BCUT2D eigenvalue weighted by Crippen LogP contribution is -2.32. The van der Waals surface area contributed by atoms with Crippen LogP contribution in [0.1, 0.15) is 92.9 Å². The van der Waals surface area contributed by atoms with Gasteiger partial charge in [-0.05, 0) is 58.2 Å². The molecule has 32 heavy (non-hydrogen) atoms. The third-order valence-corrected chi connectivity index (χ3v) is 20.3. The van der Waals surface area contributed by atoms with E-state index in [1.54, 1.807) is 0 Å². The van der Waals surface area contributed by atoms with Gasteiger partial charge in [0.15, 0.2) is 0 Å². The molecule has 0 rings (SSSR count). The normalized spacial score (nSPS) is 13.9. The smallest absolute Gasteiger partial charge is 0.0711 e. The second kappa shape index (κ2) is 25.8. The minimum absolute atomic E-state index is 0.607. The van der Waals surface area contributed by atoms with E-state index in [9.17, 15) is 0 Å². The van der Waals surface area contributed by atoms with E-state index in [1.165, 1.54) is 87.0 Å². The molecule has 0 fully saturated rings. The molecule has 0 aromatic heterocycles. The fraction of sp³-hybridized carbons (Fsp3) is 1.00.